The third-order valence-corrected chi connectivity index (χ3v) is 3.37. The van der Waals surface area contributed by atoms with E-state index >= 15 is 0 Å². The molecular weight excluding hydrogens is 357 g/mol. The summed E-state index contributed by atoms with van der Waals surface area (Å²) in [6.07, 6.45) is -4.61. The van der Waals surface area contributed by atoms with E-state index in [1.54, 1.807) is 6.92 Å². The molecule has 0 atom stereocenters. The molecule has 0 unspecified atom stereocenters. The van der Waals surface area contributed by atoms with Crippen LogP contribution in [-0.4, -0.2) is 21.9 Å². The van der Waals surface area contributed by atoms with Crippen LogP contribution in [0, 0.1) is 6.92 Å². The zero-order valence-electron chi connectivity index (χ0n) is 13.7. The van der Waals surface area contributed by atoms with Crippen LogP contribution in [0.1, 0.15) is 35.7 Å². The van der Waals surface area contributed by atoms with Crippen LogP contribution in [-0.2, 0) is 6.18 Å². The summed E-state index contributed by atoms with van der Waals surface area (Å²) in [5, 5.41) is 5.00. The van der Waals surface area contributed by atoms with Crippen LogP contribution in [0.4, 0.5) is 24.7 Å². The van der Waals surface area contributed by atoms with Gasteiger partial charge in [-0.2, -0.15) is 13.2 Å². The summed E-state index contributed by atoms with van der Waals surface area (Å²) in [5.74, 6) is 0.176. The second-order valence-electron chi connectivity index (χ2n) is 5.63. The van der Waals surface area contributed by atoms with E-state index in [1.807, 2.05) is 13.8 Å². The van der Waals surface area contributed by atoms with Crippen molar-refractivity contribution in [2.24, 2.45) is 0 Å². The summed E-state index contributed by atoms with van der Waals surface area (Å²) in [6, 6.07) is 4.67. The van der Waals surface area contributed by atoms with Gasteiger partial charge in [-0.3, -0.25) is 4.79 Å². The van der Waals surface area contributed by atoms with Gasteiger partial charge < -0.3 is 10.6 Å². The smallest absolute Gasteiger partial charge is 0.368 e. The van der Waals surface area contributed by atoms with E-state index in [0.29, 0.717) is 11.6 Å². The number of nitrogens with zero attached hydrogens (tertiary/aromatic N) is 2. The summed E-state index contributed by atoms with van der Waals surface area (Å²) in [6.45, 7) is 5.43. The molecule has 2 rings (SSSR count). The Kier molecular flexibility index (Phi) is 5.52. The van der Waals surface area contributed by atoms with Gasteiger partial charge in [0.05, 0.1) is 10.6 Å². The van der Waals surface area contributed by atoms with E-state index in [-0.39, 0.29) is 17.4 Å². The zero-order chi connectivity index (χ0) is 18.8. The van der Waals surface area contributed by atoms with Crippen LogP contribution < -0.4 is 10.6 Å². The third-order valence-electron chi connectivity index (χ3n) is 3.04. The summed E-state index contributed by atoms with van der Waals surface area (Å²) in [4.78, 5) is 20.5. The lowest BCUT2D eigenvalue weighted by molar-refractivity contribution is -0.137. The highest BCUT2D eigenvalue weighted by Crippen LogP contribution is 2.36. The number of aromatic nitrogens is 2. The molecule has 1 amide bonds. The van der Waals surface area contributed by atoms with Gasteiger partial charge in [-0.1, -0.05) is 11.6 Å². The fourth-order valence-electron chi connectivity index (χ4n) is 2.07. The normalized spacial score (nSPS) is 11.5. The van der Waals surface area contributed by atoms with Crippen LogP contribution in [0.25, 0.3) is 0 Å². The van der Waals surface area contributed by atoms with Gasteiger partial charge in [-0.25, -0.2) is 9.97 Å². The first-order valence-electron chi connectivity index (χ1n) is 7.36. The minimum absolute atomic E-state index is 0.0311. The van der Waals surface area contributed by atoms with Crippen molar-refractivity contribution in [1.82, 2.24) is 9.97 Å². The Labute approximate surface area is 147 Å². The maximum atomic E-state index is 12.9. The van der Waals surface area contributed by atoms with Crippen molar-refractivity contribution in [3.8, 4) is 0 Å². The van der Waals surface area contributed by atoms with Gasteiger partial charge in [0.1, 0.15) is 17.3 Å². The van der Waals surface area contributed by atoms with Gasteiger partial charge in [-0.15, -0.1) is 0 Å². The first-order chi connectivity index (χ1) is 11.6. The van der Waals surface area contributed by atoms with Gasteiger partial charge in [-0.05, 0) is 39.0 Å². The third kappa shape index (κ3) is 5.06. The van der Waals surface area contributed by atoms with Crippen LogP contribution in [0.5, 0.6) is 0 Å². The van der Waals surface area contributed by atoms with E-state index in [0.717, 1.165) is 12.1 Å². The van der Waals surface area contributed by atoms with Crippen LogP contribution in [0.2, 0.25) is 5.02 Å². The number of carbonyl (C=O) groups excluding carboxylic acids is 1. The van der Waals surface area contributed by atoms with Gasteiger partial charge >= 0.3 is 6.18 Å². The minimum atomic E-state index is -4.61. The van der Waals surface area contributed by atoms with E-state index in [1.165, 1.54) is 12.1 Å². The standard InChI is InChI=1S/C16H16ClF3N4O/c1-8(2)21-14-7-13(22-9(3)23-14)15(25)24-10-4-5-12(17)11(6-10)16(18,19)20/h4-8H,1-3H3,(H,24,25)(H,21,22,23). The number of carbonyl (C=O) groups is 1. The van der Waals surface area contributed by atoms with Crippen LogP contribution >= 0.6 is 11.6 Å². The van der Waals surface area contributed by atoms with E-state index < -0.39 is 22.7 Å². The Balaban J connectivity index is 2.27. The Morgan fingerprint density at radius 2 is 1.88 bits per heavy atom. The Hall–Kier alpha value is -2.35. The average molecular weight is 373 g/mol. The Morgan fingerprint density at radius 3 is 2.48 bits per heavy atom. The molecule has 1 aromatic heterocycles. The van der Waals surface area contributed by atoms with Crippen LogP contribution in [0.3, 0.4) is 0 Å². The topological polar surface area (TPSA) is 66.9 Å². The summed E-state index contributed by atoms with van der Waals surface area (Å²) in [7, 11) is 0. The largest absolute Gasteiger partial charge is 0.417 e. The molecule has 1 heterocycles. The number of anilines is 2. The molecule has 0 aliphatic carbocycles. The highest BCUT2D eigenvalue weighted by atomic mass is 35.5. The SMILES string of the molecule is Cc1nc(NC(C)C)cc(C(=O)Nc2ccc(Cl)c(C(F)(F)F)c2)n1. The average Bonchev–Trinajstić information content (AvgIpc) is 2.46. The number of hydrogen-bond acceptors (Lipinski definition) is 4. The summed E-state index contributed by atoms with van der Waals surface area (Å²) in [5.41, 5.74) is -1.01. The van der Waals surface area contributed by atoms with E-state index in [4.69, 9.17) is 11.6 Å². The molecule has 1 aromatic carbocycles. The molecule has 2 N–H and O–H groups in total. The maximum absolute atomic E-state index is 12.9. The molecule has 134 valence electrons. The van der Waals surface area contributed by atoms with Crippen molar-refractivity contribution in [3.63, 3.8) is 0 Å². The van der Waals surface area contributed by atoms with Gasteiger partial charge in [0.25, 0.3) is 5.91 Å². The first kappa shape index (κ1) is 19.0. The lowest BCUT2D eigenvalue weighted by Crippen LogP contribution is -2.18. The summed E-state index contributed by atoms with van der Waals surface area (Å²) < 4.78 is 38.7. The predicted octanol–water partition coefficient (Wildman–Crippen LogP) is 4.53. The number of amides is 1. The molecule has 2 aromatic rings. The molecule has 0 radical (unpaired) electrons. The quantitative estimate of drug-likeness (QED) is 0.827. The lowest BCUT2D eigenvalue weighted by Gasteiger charge is -2.13. The molecule has 0 bridgehead atoms. The summed E-state index contributed by atoms with van der Waals surface area (Å²) >= 11 is 5.56. The van der Waals surface area contributed by atoms with Crippen molar-refractivity contribution < 1.29 is 18.0 Å². The number of aryl methyl sites for hydroxylation is 1. The Morgan fingerprint density at radius 1 is 1.20 bits per heavy atom. The van der Waals surface area contributed by atoms with Gasteiger partial charge in [0.15, 0.2) is 0 Å². The monoisotopic (exact) mass is 372 g/mol. The number of nitrogens with one attached hydrogen (secondary N) is 2. The molecule has 0 saturated carbocycles. The van der Waals surface area contributed by atoms with Crippen molar-refractivity contribution in [3.05, 3.63) is 46.4 Å². The maximum Gasteiger partial charge on any atom is 0.417 e. The van der Waals surface area contributed by atoms with Crippen molar-refractivity contribution in [2.45, 2.75) is 33.0 Å². The highest BCUT2D eigenvalue weighted by Gasteiger charge is 2.33. The highest BCUT2D eigenvalue weighted by molar-refractivity contribution is 6.31. The van der Waals surface area contributed by atoms with E-state index in [2.05, 4.69) is 20.6 Å². The molecule has 0 aliphatic rings. The number of alkyl halides is 3. The Bertz CT molecular complexity index is 793. The number of hydrogen-bond donors (Lipinski definition) is 2. The fourth-order valence-corrected chi connectivity index (χ4v) is 2.29. The molecule has 0 fully saturated rings. The number of halogens is 4. The zero-order valence-corrected chi connectivity index (χ0v) is 14.5. The first-order valence-corrected chi connectivity index (χ1v) is 7.74. The molecule has 25 heavy (non-hydrogen) atoms. The lowest BCUT2D eigenvalue weighted by atomic mass is 10.2. The van der Waals surface area contributed by atoms with Gasteiger partial charge in [0.2, 0.25) is 0 Å². The molecule has 9 heteroatoms. The predicted molar refractivity (Wildman–Crippen MR) is 89.9 cm³/mol. The molecular formula is C16H16ClF3N4O. The molecule has 0 saturated heterocycles. The fraction of sp³-hybridized carbons (Fsp3) is 0.312. The van der Waals surface area contributed by atoms with Gasteiger partial charge in [0, 0.05) is 17.8 Å². The molecule has 0 spiro atoms. The second-order valence-corrected chi connectivity index (χ2v) is 6.04. The van der Waals surface area contributed by atoms with E-state index in [9.17, 15) is 18.0 Å². The number of rotatable bonds is 4. The molecule has 5 nitrogen and oxygen atoms in total. The van der Waals surface area contributed by atoms with Crippen LogP contribution in [0.15, 0.2) is 24.3 Å². The van der Waals surface area contributed by atoms with Crippen molar-refractivity contribution in [1.29, 1.82) is 0 Å². The molecule has 0 aliphatic heterocycles. The number of benzene rings is 1. The van der Waals surface area contributed by atoms with Crippen molar-refractivity contribution in [2.75, 3.05) is 10.6 Å². The van der Waals surface area contributed by atoms with Crippen molar-refractivity contribution >= 4 is 29.0 Å². The second kappa shape index (κ2) is 7.26. The minimum Gasteiger partial charge on any atom is -0.368 e.